The number of ketones is 1. The predicted molar refractivity (Wildman–Crippen MR) is 164 cm³/mol. The zero-order valence-corrected chi connectivity index (χ0v) is 24.5. The number of piperazine rings is 1. The van der Waals surface area contributed by atoms with Crippen molar-refractivity contribution < 1.29 is 27.9 Å². The van der Waals surface area contributed by atoms with Crippen LogP contribution in [0, 0.1) is 11.6 Å². The van der Waals surface area contributed by atoms with Crippen molar-refractivity contribution in [1.82, 2.24) is 15.1 Å². The molecule has 1 atom stereocenters. The Labute approximate surface area is 256 Å². The first-order valence-electron chi connectivity index (χ1n) is 15.0. The number of benzene rings is 3. The molecule has 1 aliphatic heterocycles. The Bertz CT molecular complexity index is 1460. The second kappa shape index (κ2) is 14.9. The number of halogens is 2. The van der Waals surface area contributed by atoms with Gasteiger partial charge in [0.15, 0.2) is 5.76 Å². The SMILES string of the molecule is O=C(O)NC(Cc1ccccc1)C(=O)c1ccc(CN2CCN(CCCC(c3ccc(F)cc3)c3ccc(F)cc3)CC2)o1. The summed E-state index contributed by atoms with van der Waals surface area (Å²) < 4.78 is 33.0. The van der Waals surface area contributed by atoms with E-state index in [9.17, 15) is 23.5 Å². The molecular weight excluding hydrogens is 564 g/mol. The monoisotopic (exact) mass is 601 g/mol. The van der Waals surface area contributed by atoms with Crippen molar-refractivity contribution in [3.63, 3.8) is 0 Å². The summed E-state index contributed by atoms with van der Waals surface area (Å²) in [5, 5.41) is 11.6. The number of amides is 1. The molecule has 0 radical (unpaired) electrons. The van der Waals surface area contributed by atoms with Crippen LogP contribution in [0.2, 0.25) is 0 Å². The Kier molecular flexibility index (Phi) is 10.5. The average Bonchev–Trinajstić information content (AvgIpc) is 3.49. The highest BCUT2D eigenvalue weighted by atomic mass is 19.1. The average molecular weight is 602 g/mol. The third-order valence-electron chi connectivity index (χ3n) is 8.16. The molecule has 1 fully saturated rings. The number of nitrogens with one attached hydrogen (secondary N) is 1. The molecule has 1 saturated heterocycles. The fourth-order valence-corrected chi connectivity index (χ4v) is 5.80. The van der Waals surface area contributed by atoms with E-state index >= 15 is 0 Å². The number of Topliss-reactive ketones (excluding diaryl/α,β-unsaturated/α-hetero) is 1. The summed E-state index contributed by atoms with van der Waals surface area (Å²) in [7, 11) is 0. The van der Waals surface area contributed by atoms with Gasteiger partial charge in [-0.2, -0.15) is 0 Å². The molecule has 0 spiro atoms. The zero-order valence-electron chi connectivity index (χ0n) is 24.5. The molecular formula is C35H37F2N3O4. The normalized spacial score (nSPS) is 14.9. The molecule has 5 rings (SSSR count). The number of hydrogen-bond acceptors (Lipinski definition) is 5. The number of nitrogens with zero attached hydrogens (tertiary/aromatic N) is 2. The first-order chi connectivity index (χ1) is 21.3. The summed E-state index contributed by atoms with van der Waals surface area (Å²) >= 11 is 0. The number of hydrogen-bond donors (Lipinski definition) is 2. The molecule has 9 heteroatoms. The van der Waals surface area contributed by atoms with Crippen molar-refractivity contribution in [3.05, 3.63) is 131 Å². The first-order valence-corrected chi connectivity index (χ1v) is 15.0. The maximum absolute atomic E-state index is 13.5. The summed E-state index contributed by atoms with van der Waals surface area (Å²) in [5.74, 6) is -0.0750. The van der Waals surface area contributed by atoms with Gasteiger partial charge in [0.2, 0.25) is 5.78 Å². The molecule has 7 nitrogen and oxygen atoms in total. The number of carboxylic acid groups (broad SMARTS) is 1. The highest BCUT2D eigenvalue weighted by Crippen LogP contribution is 2.30. The lowest BCUT2D eigenvalue weighted by atomic mass is 9.87. The number of furan rings is 1. The number of rotatable bonds is 13. The maximum atomic E-state index is 13.5. The van der Waals surface area contributed by atoms with Crippen LogP contribution in [0.3, 0.4) is 0 Å². The molecule has 44 heavy (non-hydrogen) atoms. The molecule has 1 aromatic heterocycles. The summed E-state index contributed by atoms with van der Waals surface area (Å²) in [6.07, 6.45) is 0.782. The van der Waals surface area contributed by atoms with E-state index in [1.807, 2.05) is 54.6 Å². The Morgan fingerprint density at radius 3 is 1.98 bits per heavy atom. The van der Waals surface area contributed by atoms with Crippen molar-refractivity contribution in [3.8, 4) is 0 Å². The summed E-state index contributed by atoms with van der Waals surface area (Å²) in [4.78, 5) is 29.2. The minimum absolute atomic E-state index is 0.0614. The molecule has 3 aromatic carbocycles. The van der Waals surface area contributed by atoms with Crippen LogP contribution in [0.15, 0.2) is 95.4 Å². The third-order valence-corrected chi connectivity index (χ3v) is 8.16. The predicted octanol–water partition coefficient (Wildman–Crippen LogP) is 6.35. The van der Waals surface area contributed by atoms with Crippen molar-refractivity contribution in [2.75, 3.05) is 32.7 Å². The number of carbonyl (C=O) groups excluding carboxylic acids is 1. The molecule has 2 heterocycles. The standard InChI is InChI=1S/C35H37F2N3O4/c36-28-12-8-26(9-13-28)31(27-10-14-29(37)15-11-27)7-4-18-39-19-21-40(22-20-39)24-30-16-17-33(44-30)34(41)32(38-35(42)43)23-25-5-2-1-3-6-25/h1-3,5-6,8-17,31-32,38H,4,7,18-24H2,(H,42,43). The fourth-order valence-electron chi connectivity index (χ4n) is 5.80. The van der Waals surface area contributed by atoms with Gasteiger partial charge < -0.3 is 19.7 Å². The summed E-state index contributed by atoms with van der Waals surface area (Å²) in [5.41, 5.74) is 2.89. The minimum atomic E-state index is -1.26. The van der Waals surface area contributed by atoms with Gasteiger partial charge in [-0.1, -0.05) is 54.6 Å². The van der Waals surface area contributed by atoms with Gasteiger partial charge in [0, 0.05) is 38.5 Å². The fraction of sp³-hybridized carbons (Fsp3) is 0.314. The van der Waals surface area contributed by atoms with Crippen LogP contribution in [0.1, 0.15) is 51.8 Å². The zero-order chi connectivity index (χ0) is 30.9. The second-order valence-corrected chi connectivity index (χ2v) is 11.2. The van der Waals surface area contributed by atoms with E-state index in [0.29, 0.717) is 12.3 Å². The van der Waals surface area contributed by atoms with Crippen molar-refractivity contribution in [1.29, 1.82) is 0 Å². The van der Waals surface area contributed by atoms with E-state index in [-0.39, 0.29) is 29.7 Å². The van der Waals surface area contributed by atoms with Crippen LogP contribution < -0.4 is 5.32 Å². The quantitative estimate of drug-likeness (QED) is 0.174. The van der Waals surface area contributed by atoms with E-state index < -0.39 is 17.9 Å². The lowest BCUT2D eigenvalue weighted by Crippen LogP contribution is -2.46. The van der Waals surface area contributed by atoms with Gasteiger partial charge in [-0.15, -0.1) is 0 Å². The van der Waals surface area contributed by atoms with Gasteiger partial charge in [-0.3, -0.25) is 9.69 Å². The van der Waals surface area contributed by atoms with E-state index in [4.69, 9.17) is 4.42 Å². The van der Waals surface area contributed by atoms with Crippen LogP contribution in [-0.4, -0.2) is 65.5 Å². The van der Waals surface area contributed by atoms with E-state index in [1.165, 1.54) is 24.3 Å². The Balaban J connectivity index is 1.10. The van der Waals surface area contributed by atoms with Crippen LogP contribution in [0.4, 0.5) is 13.6 Å². The smallest absolute Gasteiger partial charge is 0.405 e. The van der Waals surface area contributed by atoms with Crippen molar-refractivity contribution >= 4 is 11.9 Å². The van der Waals surface area contributed by atoms with Gasteiger partial charge in [-0.05, 0) is 72.5 Å². The number of carbonyl (C=O) groups is 2. The molecule has 0 bridgehead atoms. The topological polar surface area (TPSA) is 86.0 Å². The van der Waals surface area contributed by atoms with E-state index in [0.717, 1.165) is 62.3 Å². The van der Waals surface area contributed by atoms with Gasteiger partial charge in [-0.25, -0.2) is 13.6 Å². The van der Waals surface area contributed by atoms with Crippen LogP contribution in [0.25, 0.3) is 0 Å². The molecule has 1 unspecified atom stereocenters. The molecule has 1 amide bonds. The summed E-state index contributed by atoms with van der Waals surface area (Å²) in [6.45, 7) is 4.97. The Hall–Kier alpha value is -4.34. The third kappa shape index (κ3) is 8.61. The maximum Gasteiger partial charge on any atom is 0.405 e. The van der Waals surface area contributed by atoms with Crippen LogP contribution >= 0.6 is 0 Å². The summed E-state index contributed by atoms with van der Waals surface area (Å²) in [6, 6.07) is 24.8. The molecule has 0 saturated carbocycles. The van der Waals surface area contributed by atoms with Gasteiger partial charge in [0.25, 0.3) is 0 Å². The van der Waals surface area contributed by atoms with Crippen molar-refractivity contribution in [2.45, 2.75) is 37.8 Å². The van der Waals surface area contributed by atoms with Gasteiger partial charge in [0.05, 0.1) is 6.54 Å². The van der Waals surface area contributed by atoms with E-state index in [2.05, 4.69) is 15.1 Å². The highest BCUT2D eigenvalue weighted by Gasteiger charge is 2.26. The molecule has 4 aromatic rings. The Morgan fingerprint density at radius 1 is 0.795 bits per heavy atom. The molecule has 2 N–H and O–H groups in total. The molecule has 230 valence electrons. The largest absolute Gasteiger partial charge is 0.465 e. The molecule has 0 aliphatic carbocycles. The highest BCUT2D eigenvalue weighted by molar-refractivity contribution is 5.99. The van der Waals surface area contributed by atoms with Crippen molar-refractivity contribution in [2.24, 2.45) is 0 Å². The first kappa shape index (κ1) is 31.1. The van der Waals surface area contributed by atoms with E-state index in [1.54, 1.807) is 12.1 Å². The van der Waals surface area contributed by atoms with Gasteiger partial charge >= 0.3 is 6.09 Å². The van der Waals surface area contributed by atoms with Crippen LogP contribution in [0.5, 0.6) is 0 Å². The minimum Gasteiger partial charge on any atom is -0.465 e. The lowest BCUT2D eigenvalue weighted by molar-refractivity contribution is 0.0899. The van der Waals surface area contributed by atoms with Gasteiger partial charge in [0.1, 0.15) is 23.4 Å². The Morgan fingerprint density at radius 2 is 1.39 bits per heavy atom. The molecule has 1 aliphatic rings. The second-order valence-electron chi connectivity index (χ2n) is 11.2. The van der Waals surface area contributed by atoms with Crippen LogP contribution in [-0.2, 0) is 13.0 Å². The lowest BCUT2D eigenvalue weighted by Gasteiger charge is -2.34.